The van der Waals surface area contributed by atoms with Gasteiger partial charge in [-0.05, 0) is 42.7 Å². The second-order valence-electron chi connectivity index (χ2n) is 5.54. The zero-order valence-electron chi connectivity index (χ0n) is 11.4. The van der Waals surface area contributed by atoms with Crippen molar-refractivity contribution in [2.45, 2.75) is 18.3 Å². The predicted octanol–water partition coefficient (Wildman–Crippen LogP) is 2.63. The van der Waals surface area contributed by atoms with Gasteiger partial charge >= 0.3 is 0 Å². The van der Waals surface area contributed by atoms with E-state index in [-0.39, 0.29) is 5.41 Å². The van der Waals surface area contributed by atoms with Gasteiger partial charge in [0.15, 0.2) is 5.65 Å². The van der Waals surface area contributed by atoms with Crippen LogP contribution in [0.25, 0.3) is 11.2 Å². The van der Waals surface area contributed by atoms with Crippen LogP contribution in [0.2, 0.25) is 0 Å². The molecule has 4 nitrogen and oxygen atoms in total. The van der Waals surface area contributed by atoms with Gasteiger partial charge in [0.05, 0.1) is 5.41 Å². The summed E-state index contributed by atoms with van der Waals surface area (Å²) in [5.74, 6) is 1.11. The number of hydrogen-bond acceptors (Lipinski definition) is 3. The van der Waals surface area contributed by atoms with E-state index in [9.17, 15) is 0 Å². The van der Waals surface area contributed by atoms with Gasteiger partial charge in [-0.25, -0.2) is 9.97 Å². The molecule has 0 aliphatic heterocycles. The van der Waals surface area contributed by atoms with Crippen LogP contribution in [0.15, 0.2) is 42.6 Å². The number of nitrogen functional groups attached to an aromatic ring is 1. The Morgan fingerprint density at radius 3 is 2.55 bits per heavy atom. The predicted molar refractivity (Wildman–Crippen MR) is 79.4 cm³/mol. The van der Waals surface area contributed by atoms with Crippen LogP contribution >= 0.6 is 0 Å². The monoisotopic (exact) mass is 264 g/mol. The third-order valence-corrected chi connectivity index (χ3v) is 4.27. The highest BCUT2D eigenvalue weighted by Crippen LogP contribution is 2.53. The van der Waals surface area contributed by atoms with Crippen molar-refractivity contribution in [2.24, 2.45) is 7.05 Å². The summed E-state index contributed by atoms with van der Waals surface area (Å²) in [4.78, 5) is 9.25. The molecule has 2 aromatic heterocycles. The third-order valence-electron chi connectivity index (χ3n) is 4.27. The normalized spacial score (nSPS) is 16.4. The third kappa shape index (κ3) is 1.48. The average Bonchev–Trinajstić information content (AvgIpc) is 3.20. The molecule has 4 rings (SSSR count). The summed E-state index contributed by atoms with van der Waals surface area (Å²) in [6, 6.07) is 12.1. The van der Waals surface area contributed by atoms with Gasteiger partial charge < -0.3 is 10.3 Å². The molecule has 1 aliphatic rings. The minimum Gasteiger partial charge on any atom is -0.399 e. The van der Waals surface area contributed by atoms with Gasteiger partial charge in [-0.2, -0.15) is 0 Å². The van der Waals surface area contributed by atoms with Crippen LogP contribution in [0.4, 0.5) is 5.69 Å². The summed E-state index contributed by atoms with van der Waals surface area (Å²) in [6.07, 6.45) is 4.08. The number of hydrogen-bond donors (Lipinski definition) is 1. The standard InChI is InChI=1S/C16H16N4/c1-20-14-13(3-2-10-18-14)19-15(20)16(8-9-16)11-4-6-12(17)7-5-11/h2-7,10H,8-9,17H2,1H3. The number of imidazole rings is 1. The van der Waals surface area contributed by atoms with E-state index in [1.807, 2.05) is 30.5 Å². The molecular formula is C16H16N4. The molecule has 0 saturated heterocycles. The first kappa shape index (κ1) is 11.5. The quantitative estimate of drug-likeness (QED) is 0.724. The number of benzene rings is 1. The lowest BCUT2D eigenvalue weighted by Gasteiger charge is -2.15. The van der Waals surface area contributed by atoms with E-state index in [4.69, 9.17) is 10.7 Å². The van der Waals surface area contributed by atoms with Crippen LogP contribution in [0.3, 0.4) is 0 Å². The van der Waals surface area contributed by atoms with E-state index in [2.05, 4.69) is 28.7 Å². The molecule has 1 aliphatic carbocycles. The van der Waals surface area contributed by atoms with Crippen molar-refractivity contribution in [3.8, 4) is 0 Å². The first-order valence-corrected chi connectivity index (χ1v) is 6.85. The zero-order chi connectivity index (χ0) is 13.7. The largest absolute Gasteiger partial charge is 0.399 e. The van der Waals surface area contributed by atoms with Crippen molar-refractivity contribution in [1.82, 2.24) is 14.5 Å². The Morgan fingerprint density at radius 1 is 1.15 bits per heavy atom. The Balaban J connectivity index is 1.90. The highest BCUT2D eigenvalue weighted by atomic mass is 15.1. The highest BCUT2D eigenvalue weighted by Gasteiger charge is 2.49. The molecule has 0 unspecified atom stereocenters. The first-order chi connectivity index (χ1) is 9.71. The van der Waals surface area contributed by atoms with Crippen molar-refractivity contribution < 1.29 is 0 Å². The second-order valence-corrected chi connectivity index (χ2v) is 5.54. The van der Waals surface area contributed by atoms with E-state index >= 15 is 0 Å². The number of anilines is 1. The van der Waals surface area contributed by atoms with Crippen LogP contribution in [0.5, 0.6) is 0 Å². The van der Waals surface area contributed by atoms with Gasteiger partial charge in [0.2, 0.25) is 0 Å². The van der Waals surface area contributed by atoms with Crippen LogP contribution in [-0.4, -0.2) is 14.5 Å². The Kier molecular flexibility index (Phi) is 2.19. The molecule has 2 N–H and O–H groups in total. The van der Waals surface area contributed by atoms with E-state index in [1.54, 1.807) is 0 Å². The summed E-state index contributed by atoms with van der Waals surface area (Å²) in [5.41, 5.74) is 9.85. The Bertz CT molecular complexity index is 782. The van der Waals surface area contributed by atoms with E-state index < -0.39 is 0 Å². The van der Waals surface area contributed by atoms with Gasteiger partial charge in [0.25, 0.3) is 0 Å². The average molecular weight is 264 g/mol. The maximum Gasteiger partial charge on any atom is 0.159 e. The van der Waals surface area contributed by atoms with Gasteiger partial charge in [-0.3, -0.25) is 0 Å². The Hall–Kier alpha value is -2.36. The molecule has 0 atom stereocenters. The fourth-order valence-electron chi connectivity index (χ4n) is 3.02. The SMILES string of the molecule is Cn1c(C2(c3ccc(N)cc3)CC2)nc2cccnc21. The molecule has 0 amide bonds. The summed E-state index contributed by atoms with van der Waals surface area (Å²) in [5, 5.41) is 0. The van der Waals surface area contributed by atoms with Crippen LogP contribution < -0.4 is 5.73 Å². The van der Waals surface area contributed by atoms with E-state index in [0.717, 1.165) is 35.5 Å². The molecule has 0 bridgehead atoms. The molecule has 0 radical (unpaired) electrons. The van der Waals surface area contributed by atoms with Gasteiger partial charge in [0.1, 0.15) is 11.3 Å². The van der Waals surface area contributed by atoms with Gasteiger partial charge in [0, 0.05) is 18.9 Å². The Labute approximate surface area is 117 Å². The molecule has 100 valence electrons. The van der Waals surface area contributed by atoms with Crippen molar-refractivity contribution in [2.75, 3.05) is 5.73 Å². The lowest BCUT2D eigenvalue weighted by Crippen LogP contribution is -2.15. The fraction of sp³-hybridized carbons (Fsp3) is 0.250. The van der Waals surface area contributed by atoms with Crippen molar-refractivity contribution in [3.63, 3.8) is 0 Å². The zero-order valence-corrected chi connectivity index (χ0v) is 11.4. The number of aryl methyl sites for hydroxylation is 1. The number of fused-ring (bicyclic) bond motifs is 1. The number of rotatable bonds is 2. The van der Waals surface area contributed by atoms with Crippen molar-refractivity contribution in [1.29, 1.82) is 0 Å². The minimum absolute atomic E-state index is 0.0448. The molecule has 1 fully saturated rings. The van der Waals surface area contributed by atoms with Gasteiger partial charge in [-0.1, -0.05) is 12.1 Å². The smallest absolute Gasteiger partial charge is 0.159 e. The fourth-order valence-corrected chi connectivity index (χ4v) is 3.02. The van der Waals surface area contributed by atoms with Crippen molar-refractivity contribution >= 4 is 16.9 Å². The van der Waals surface area contributed by atoms with Crippen LogP contribution in [0, 0.1) is 0 Å². The summed E-state index contributed by atoms with van der Waals surface area (Å²) in [7, 11) is 2.05. The topological polar surface area (TPSA) is 56.7 Å². The number of nitrogens with two attached hydrogens (primary N) is 1. The van der Waals surface area contributed by atoms with Crippen LogP contribution in [0.1, 0.15) is 24.2 Å². The van der Waals surface area contributed by atoms with E-state index in [1.165, 1.54) is 5.56 Å². The molecule has 4 heteroatoms. The molecule has 1 aromatic carbocycles. The Morgan fingerprint density at radius 2 is 1.90 bits per heavy atom. The molecule has 2 heterocycles. The lowest BCUT2D eigenvalue weighted by atomic mass is 9.95. The maximum atomic E-state index is 5.79. The summed E-state index contributed by atoms with van der Waals surface area (Å²) in [6.45, 7) is 0. The summed E-state index contributed by atoms with van der Waals surface area (Å²) >= 11 is 0. The van der Waals surface area contributed by atoms with Crippen molar-refractivity contribution in [3.05, 3.63) is 54.0 Å². The van der Waals surface area contributed by atoms with E-state index in [0.29, 0.717) is 0 Å². The minimum atomic E-state index is 0.0448. The molecular weight excluding hydrogens is 248 g/mol. The lowest BCUT2D eigenvalue weighted by molar-refractivity contribution is 0.702. The first-order valence-electron chi connectivity index (χ1n) is 6.85. The molecule has 1 saturated carbocycles. The number of aromatic nitrogens is 3. The number of pyridine rings is 1. The van der Waals surface area contributed by atoms with Crippen LogP contribution in [-0.2, 0) is 12.5 Å². The number of nitrogens with zero attached hydrogens (tertiary/aromatic N) is 3. The summed E-state index contributed by atoms with van der Waals surface area (Å²) < 4.78 is 2.12. The molecule has 3 aromatic rings. The maximum absolute atomic E-state index is 5.79. The molecule has 20 heavy (non-hydrogen) atoms. The second kappa shape index (κ2) is 3.82. The van der Waals surface area contributed by atoms with Gasteiger partial charge in [-0.15, -0.1) is 0 Å². The highest BCUT2D eigenvalue weighted by molar-refractivity contribution is 5.72. The molecule has 0 spiro atoms.